The number of aryl methyl sites for hydroxylation is 1. The Bertz CT molecular complexity index is 592. The standard InChI is InChI=1S/C13H13FN2O2S/c1-7-6-15-13(19-7)8(2)16-12(18)11-9(14)4-3-5-10(11)17/h3-6,8,17H,1-2H3,(H,16,18). The molecule has 0 aliphatic carbocycles. The second kappa shape index (κ2) is 5.36. The zero-order valence-corrected chi connectivity index (χ0v) is 11.3. The molecular formula is C13H13FN2O2S. The highest BCUT2D eigenvalue weighted by Crippen LogP contribution is 2.23. The second-order valence-corrected chi connectivity index (χ2v) is 5.40. The van der Waals surface area contributed by atoms with E-state index in [0.717, 1.165) is 16.0 Å². The molecule has 1 aromatic heterocycles. The van der Waals surface area contributed by atoms with Gasteiger partial charge in [0.2, 0.25) is 0 Å². The molecule has 0 radical (unpaired) electrons. The molecule has 4 nitrogen and oxygen atoms in total. The maximum atomic E-state index is 13.5. The van der Waals surface area contributed by atoms with Gasteiger partial charge in [-0.3, -0.25) is 4.79 Å². The first-order chi connectivity index (χ1) is 8.99. The molecule has 100 valence electrons. The van der Waals surface area contributed by atoms with E-state index in [9.17, 15) is 14.3 Å². The summed E-state index contributed by atoms with van der Waals surface area (Å²) in [5, 5.41) is 12.9. The summed E-state index contributed by atoms with van der Waals surface area (Å²) < 4.78 is 13.5. The summed E-state index contributed by atoms with van der Waals surface area (Å²) in [6.45, 7) is 3.67. The van der Waals surface area contributed by atoms with Crippen molar-refractivity contribution in [3.8, 4) is 5.75 Å². The second-order valence-electron chi connectivity index (χ2n) is 4.14. The Balaban J connectivity index is 2.17. The number of hydrogen-bond acceptors (Lipinski definition) is 4. The number of rotatable bonds is 3. The minimum absolute atomic E-state index is 0.342. The van der Waals surface area contributed by atoms with Crippen molar-refractivity contribution in [2.75, 3.05) is 0 Å². The van der Waals surface area contributed by atoms with Crippen molar-refractivity contribution in [2.24, 2.45) is 0 Å². The molecule has 2 aromatic rings. The molecule has 0 saturated heterocycles. The third-order valence-corrected chi connectivity index (χ3v) is 3.67. The molecule has 6 heteroatoms. The summed E-state index contributed by atoms with van der Waals surface area (Å²) in [7, 11) is 0. The van der Waals surface area contributed by atoms with Crippen LogP contribution in [0.2, 0.25) is 0 Å². The Morgan fingerprint density at radius 2 is 2.26 bits per heavy atom. The first kappa shape index (κ1) is 13.5. The first-order valence-electron chi connectivity index (χ1n) is 5.69. The van der Waals surface area contributed by atoms with Crippen LogP contribution in [0.15, 0.2) is 24.4 Å². The van der Waals surface area contributed by atoms with Gasteiger partial charge in [-0.25, -0.2) is 9.37 Å². The van der Waals surface area contributed by atoms with Crippen molar-refractivity contribution in [1.82, 2.24) is 10.3 Å². The largest absolute Gasteiger partial charge is 0.507 e. The lowest BCUT2D eigenvalue weighted by Gasteiger charge is -2.12. The maximum absolute atomic E-state index is 13.5. The van der Waals surface area contributed by atoms with Gasteiger partial charge in [-0.1, -0.05) is 6.07 Å². The molecule has 2 rings (SSSR count). The topological polar surface area (TPSA) is 62.2 Å². The Morgan fingerprint density at radius 3 is 2.84 bits per heavy atom. The van der Waals surface area contributed by atoms with E-state index in [2.05, 4.69) is 10.3 Å². The van der Waals surface area contributed by atoms with Gasteiger partial charge in [-0.2, -0.15) is 0 Å². The minimum atomic E-state index is -0.750. The number of thiazole rings is 1. The Hall–Kier alpha value is -1.95. The predicted octanol–water partition coefficient (Wildman–Crippen LogP) is 2.79. The van der Waals surface area contributed by atoms with Crippen LogP contribution in [-0.4, -0.2) is 16.0 Å². The lowest BCUT2D eigenvalue weighted by atomic mass is 10.1. The van der Waals surface area contributed by atoms with Gasteiger partial charge in [0, 0.05) is 11.1 Å². The zero-order valence-electron chi connectivity index (χ0n) is 10.5. The fourth-order valence-corrected chi connectivity index (χ4v) is 2.42. The number of phenols is 1. The van der Waals surface area contributed by atoms with Crippen molar-refractivity contribution in [3.05, 3.63) is 45.7 Å². The molecule has 1 amide bonds. The molecule has 0 aliphatic heterocycles. The maximum Gasteiger partial charge on any atom is 0.258 e. The van der Waals surface area contributed by atoms with Crippen LogP contribution in [0.3, 0.4) is 0 Å². The number of nitrogens with zero attached hydrogens (tertiary/aromatic N) is 1. The Kier molecular flexibility index (Phi) is 3.80. The fraction of sp³-hybridized carbons (Fsp3) is 0.231. The third-order valence-electron chi connectivity index (χ3n) is 2.58. The smallest absolute Gasteiger partial charge is 0.258 e. The van der Waals surface area contributed by atoms with E-state index >= 15 is 0 Å². The van der Waals surface area contributed by atoms with Gasteiger partial charge in [0.15, 0.2) is 0 Å². The van der Waals surface area contributed by atoms with Crippen LogP contribution in [0.25, 0.3) is 0 Å². The van der Waals surface area contributed by atoms with Gasteiger partial charge in [0.1, 0.15) is 22.1 Å². The quantitative estimate of drug-likeness (QED) is 0.908. The molecule has 0 saturated carbocycles. The SMILES string of the molecule is Cc1cnc(C(C)NC(=O)c2c(O)cccc2F)s1. The summed E-state index contributed by atoms with van der Waals surface area (Å²) in [4.78, 5) is 17.1. The van der Waals surface area contributed by atoms with Crippen LogP contribution in [0.1, 0.15) is 33.2 Å². The summed E-state index contributed by atoms with van der Waals surface area (Å²) in [6, 6.07) is 3.41. The Labute approximate surface area is 113 Å². The zero-order chi connectivity index (χ0) is 14.0. The van der Waals surface area contributed by atoms with E-state index in [-0.39, 0.29) is 17.4 Å². The minimum Gasteiger partial charge on any atom is -0.507 e. The van der Waals surface area contributed by atoms with E-state index in [1.807, 2.05) is 6.92 Å². The highest BCUT2D eigenvalue weighted by Gasteiger charge is 2.19. The van der Waals surface area contributed by atoms with Gasteiger partial charge < -0.3 is 10.4 Å². The Morgan fingerprint density at radius 1 is 1.53 bits per heavy atom. The van der Waals surface area contributed by atoms with Gasteiger partial charge in [0.05, 0.1) is 6.04 Å². The summed E-state index contributed by atoms with van der Waals surface area (Å²) in [5.74, 6) is -1.78. The molecular weight excluding hydrogens is 267 g/mol. The van der Waals surface area contributed by atoms with Gasteiger partial charge in [0.25, 0.3) is 5.91 Å². The van der Waals surface area contributed by atoms with Crippen molar-refractivity contribution in [3.63, 3.8) is 0 Å². The molecule has 0 bridgehead atoms. The number of aromatic hydroxyl groups is 1. The molecule has 1 unspecified atom stereocenters. The molecule has 2 N–H and O–H groups in total. The van der Waals surface area contributed by atoms with Crippen molar-refractivity contribution in [1.29, 1.82) is 0 Å². The lowest BCUT2D eigenvalue weighted by Crippen LogP contribution is -2.27. The number of nitrogens with one attached hydrogen (secondary N) is 1. The number of amides is 1. The molecule has 1 aromatic carbocycles. The van der Waals surface area contributed by atoms with Crippen molar-refractivity contribution in [2.45, 2.75) is 19.9 Å². The van der Waals surface area contributed by atoms with Gasteiger partial charge in [-0.15, -0.1) is 11.3 Å². The van der Waals surface area contributed by atoms with Crippen LogP contribution in [0.4, 0.5) is 4.39 Å². The van der Waals surface area contributed by atoms with Crippen LogP contribution < -0.4 is 5.32 Å². The van der Waals surface area contributed by atoms with E-state index < -0.39 is 11.7 Å². The van der Waals surface area contributed by atoms with E-state index in [0.29, 0.717) is 0 Å². The summed E-state index contributed by atoms with van der Waals surface area (Å²) >= 11 is 1.46. The van der Waals surface area contributed by atoms with Crippen molar-refractivity contribution >= 4 is 17.2 Å². The normalized spacial score (nSPS) is 12.2. The number of hydrogen-bond donors (Lipinski definition) is 2. The fourth-order valence-electron chi connectivity index (χ4n) is 1.64. The van der Waals surface area contributed by atoms with Crippen molar-refractivity contribution < 1.29 is 14.3 Å². The highest BCUT2D eigenvalue weighted by atomic mass is 32.1. The van der Waals surface area contributed by atoms with Gasteiger partial charge >= 0.3 is 0 Å². The van der Waals surface area contributed by atoms with Crippen LogP contribution in [0, 0.1) is 12.7 Å². The van der Waals surface area contributed by atoms with Gasteiger partial charge in [-0.05, 0) is 26.0 Å². The van der Waals surface area contributed by atoms with Crippen LogP contribution in [0.5, 0.6) is 5.75 Å². The molecule has 19 heavy (non-hydrogen) atoms. The summed E-state index contributed by atoms with van der Waals surface area (Å²) in [6.07, 6.45) is 1.71. The van der Waals surface area contributed by atoms with E-state index in [4.69, 9.17) is 0 Å². The molecule has 0 fully saturated rings. The molecule has 0 spiro atoms. The molecule has 1 atom stereocenters. The first-order valence-corrected chi connectivity index (χ1v) is 6.51. The number of halogens is 1. The molecule has 1 heterocycles. The van der Waals surface area contributed by atoms with Crippen LogP contribution in [-0.2, 0) is 0 Å². The van der Waals surface area contributed by atoms with E-state index in [1.165, 1.54) is 23.5 Å². The number of carbonyl (C=O) groups is 1. The lowest BCUT2D eigenvalue weighted by molar-refractivity contribution is 0.0933. The van der Waals surface area contributed by atoms with Crippen LogP contribution >= 0.6 is 11.3 Å². The average molecular weight is 280 g/mol. The summed E-state index contributed by atoms with van der Waals surface area (Å²) in [5.41, 5.74) is -0.345. The van der Waals surface area contributed by atoms with E-state index in [1.54, 1.807) is 13.1 Å². The number of phenolic OH excluding ortho intramolecular Hbond substituents is 1. The predicted molar refractivity (Wildman–Crippen MR) is 70.8 cm³/mol. The average Bonchev–Trinajstić information content (AvgIpc) is 2.75. The number of aromatic nitrogens is 1. The molecule has 0 aliphatic rings. The highest BCUT2D eigenvalue weighted by molar-refractivity contribution is 7.11. The number of benzene rings is 1. The number of carbonyl (C=O) groups excluding carboxylic acids is 1. The third kappa shape index (κ3) is 2.90. The monoisotopic (exact) mass is 280 g/mol.